The van der Waals surface area contributed by atoms with E-state index in [0.29, 0.717) is 35.5 Å². The fraction of sp³-hybridized carbons (Fsp3) is 0.259. The summed E-state index contributed by atoms with van der Waals surface area (Å²) in [6.07, 6.45) is 4.78. The Kier molecular flexibility index (Phi) is 7.62. The second kappa shape index (κ2) is 11.0. The number of pyridine rings is 1. The van der Waals surface area contributed by atoms with E-state index in [1.807, 2.05) is 6.07 Å². The molecule has 0 saturated carbocycles. The van der Waals surface area contributed by atoms with Crippen LogP contribution < -0.4 is 10.6 Å². The van der Waals surface area contributed by atoms with Crippen molar-refractivity contribution < 1.29 is 14.0 Å². The number of halogens is 1. The van der Waals surface area contributed by atoms with Crippen molar-refractivity contribution in [2.45, 2.75) is 12.8 Å². The molecule has 0 bridgehead atoms. The maximum absolute atomic E-state index is 13.3. The molecule has 2 heterocycles. The van der Waals surface area contributed by atoms with Gasteiger partial charge in [-0.05, 0) is 74.5 Å². The predicted octanol–water partition coefficient (Wildman–Crippen LogP) is 3.75. The largest absolute Gasteiger partial charge is 0.384 e. The number of nitrogen functional groups attached to an aromatic ring is 1. The lowest BCUT2D eigenvalue weighted by atomic mass is 9.89. The third kappa shape index (κ3) is 5.96. The molecule has 180 valence electrons. The number of amidine groups is 1. The minimum Gasteiger partial charge on any atom is -0.384 e. The summed E-state index contributed by atoms with van der Waals surface area (Å²) in [5.41, 5.74) is 7.84. The second-order valence-corrected chi connectivity index (χ2v) is 8.65. The number of benzene rings is 2. The molecule has 1 aromatic heterocycles. The Morgan fingerprint density at radius 3 is 2.23 bits per heavy atom. The van der Waals surface area contributed by atoms with Crippen LogP contribution in [0.25, 0.3) is 0 Å². The summed E-state index contributed by atoms with van der Waals surface area (Å²) in [7, 11) is 0. The Bertz CT molecular complexity index is 1170. The molecular formula is C27H28FN5O2. The number of likely N-dealkylation sites (tertiary alicyclic amines) is 1. The van der Waals surface area contributed by atoms with Crippen molar-refractivity contribution in [3.63, 3.8) is 0 Å². The maximum atomic E-state index is 13.3. The van der Waals surface area contributed by atoms with Gasteiger partial charge in [0, 0.05) is 41.9 Å². The molecule has 0 spiro atoms. The van der Waals surface area contributed by atoms with E-state index in [9.17, 15) is 14.0 Å². The van der Waals surface area contributed by atoms with E-state index in [0.717, 1.165) is 25.9 Å². The number of hydrogen-bond donors (Lipinski definition) is 2. The van der Waals surface area contributed by atoms with E-state index in [-0.39, 0.29) is 29.3 Å². The van der Waals surface area contributed by atoms with Gasteiger partial charge in [0.15, 0.2) is 5.78 Å². The predicted molar refractivity (Wildman–Crippen MR) is 133 cm³/mol. The normalized spacial score (nSPS) is 14.4. The smallest absolute Gasteiger partial charge is 0.258 e. The van der Waals surface area contributed by atoms with Gasteiger partial charge < -0.3 is 15.5 Å². The van der Waals surface area contributed by atoms with Gasteiger partial charge in [0.2, 0.25) is 0 Å². The number of Topliss-reactive ketones (excluding diaryl/α,β-unsaturated/α-hetero) is 1. The van der Waals surface area contributed by atoms with Crippen LogP contribution in [0.3, 0.4) is 0 Å². The third-order valence-electron chi connectivity index (χ3n) is 6.37. The van der Waals surface area contributed by atoms with Crippen molar-refractivity contribution in [1.82, 2.24) is 9.88 Å². The highest BCUT2D eigenvalue weighted by Crippen LogP contribution is 2.23. The maximum Gasteiger partial charge on any atom is 0.258 e. The first kappa shape index (κ1) is 24.2. The van der Waals surface area contributed by atoms with Gasteiger partial charge in [0.25, 0.3) is 5.91 Å². The van der Waals surface area contributed by atoms with E-state index in [1.165, 1.54) is 12.1 Å². The van der Waals surface area contributed by atoms with Crippen molar-refractivity contribution in [3.8, 4) is 0 Å². The van der Waals surface area contributed by atoms with Crippen LogP contribution >= 0.6 is 0 Å². The first-order chi connectivity index (χ1) is 16.9. The number of carbonyl (C=O) groups excluding carboxylic acids is 2. The standard InChI is InChI=1S/C27H28FN5O2/c28-23-9-7-19(8-10-23)25(34)20-11-14-32(15-12-20)16-17-33(24-2-1-13-31-18-24)27(35)22-5-3-21(4-6-22)26(29)30/h1-10,13,18,20H,11-12,14-17H2,(H3,29,30). The fourth-order valence-electron chi connectivity index (χ4n) is 4.32. The number of nitrogens with two attached hydrogens (primary N) is 1. The number of carbonyl (C=O) groups is 2. The van der Waals surface area contributed by atoms with Gasteiger partial charge in [0.05, 0.1) is 11.9 Å². The van der Waals surface area contributed by atoms with Crippen LogP contribution in [0.2, 0.25) is 0 Å². The van der Waals surface area contributed by atoms with Crippen LogP contribution in [-0.2, 0) is 0 Å². The summed E-state index contributed by atoms with van der Waals surface area (Å²) in [6, 6.07) is 16.1. The molecule has 2 aromatic carbocycles. The molecule has 1 fully saturated rings. The number of ketones is 1. The van der Waals surface area contributed by atoms with E-state index in [4.69, 9.17) is 11.1 Å². The van der Waals surface area contributed by atoms with Crippen LogP contribution in [-0.4, -0.2) is 53.6 Å². The number of piperidine rings is 1. The van der Waals surface area contributed by atoms with E-state index in [2.05, 4.69) is 9.88 Å². The highest BCUT2D eigenvalue weighted by Gasteiger charge is 2.27. The summed E-state index contributed by atoms with van der Waals surface area (Å²) in [5.74, 6) is -0.568. The summed E-state index contributed by atoms with van der Waals surface area (Å²) in [6.45, 7) is 2.62. The minimum absolute atomic E-state index is 0.0468. The molecule has 3 N–H and O–H groups in total. The molecule has 35 heavy (non-hydrogen) atoms. The first-order valence-electron chi connectivity index (χ1n) is 11.6. The molecule has 0 aliphatic carbocycles. The number of hydrogen-bond acceptors (Lipinski definition) is 5. The Balaban J connectivity index is 1.39. The number of amides is 1. The third-order valence-corrected chi connectivity index (χ3v) is 6.37. The van der Waals surface area contributed by atoms with Gasteiger partial charge in [-0.3, -0.25) is 20.0 Å². The van der Waals surface area contributed by atoms with Gasteiger partial charge in [-0.15, -0.1) is 0 Å². The van der Waals surface area contributed by atoms with Crippen LogP contribution in [0.15, 0.2) is 73.1 Å². The van der Waals surface area contributed by atoms with Gasteiger partial charge in [-0.1, -0.05) is 12.1 Å². The molecule has 0 atom stereocenters. The van der Waals surface area contributed by atoms with Gasteiger partial charge in [-0.25, -0.2) is 4.39 Å². The summed E-state index contributed by atoms with van der Waals surface area (Å²) in [5, 5.41) is 7.54. The highest BCUT2D eigenvalue weighted by molar-refractivity contribution is 6.06. The fourth-order valence-corrected chi connectivity index (χ4v) is 4.32. The molecule has 7 nitrogen and oxygen atoms in total. The van der Waals surface area contributed by atoms with Gasteiger partial charge in [-0.2, -0.15) is 0 Å². The Hall–Kier alpha value is -3.91. The number of rotatable bonds is 8. The number of anilines is 1. The second-order valence-electron chi connectivity index (χ2n) is 8.65. The van der Waals surface area contributed by atoms with Crippen molar-refractivity contribution in [2.75, 3.05) is 31.1 Å². The molecule has 1 saturated heterocycles. The SMILES string of the molecule is N=C(N)c1ccc(C(=O)N(CCN2CCC(C(=O)c3ccc(F)cc3)CC2)c2cccnc2)cc1. The molecule has 4 rings (SSSR count). The minimum atomic E-state index is -0.348. The topological polar surface area (TPSA) is 103 Å². The van der Waals surface area contributed by atoms with Crippen molar-refractivity contribution in [2.24, 2.45) is 11.7 Å². The lowest BCUT2D eigenvalue weighted by molar-refractivity contribution is 0.0841. The van der Waals surface area contributed by atoms with E-state index >= 15 is 0 Å². The van der Waals surface area contributed by atoms with Gasteiger partial charge in [0.1, 0.15) is 11.7 Å². The summed E-state index contributed by atoms with van der Waals surface area (Å²) in [4.78, 5) is 34.2. The molecule has 0 unspecified atom stereocenters. The zero-order valence-corrected chi connectivity index (χ0v) is 19.4. The molecule has 1 amide bonds. The van der Waals surface area contributed by atoms with Crippen LogP contribution in [0.5, 0.6) is 0 Å². The highest BCUT2D eigenvalue weighted by atomic mass is 19.1. The van der Waals surface area contributed by atoms with Crippen LogP contribution in [0.4, 0.5) is 10.1 Å². The molecular weight excluding hydrogens is 445 g/mol. The number of nitrogens with one attached hydrogen (secondary N) is 1. The Morgan fingerprint density at radius 1 is 1.00 bits per heavy atom. The lowest BCUT2D eigenvalue weighted by Gasteiger charge is -2.33. The average molecular weight is 474 g/mol. The Labute approximate surface area is 203 Å². The molecule has 3 aromatic rings. The summed E-state index contributed by atoms with van der Waals surface area (Å²) < 4.78 is 13.2. The number of aromatic nitrogens is 1. The van der Waals surface area contributed by atoms with Crippen molar-refractivity contribution in [3.05, 3.63) is 95.6 Å². The van der Waals surface area contributed by atoms with Crippen LogP contribution in [0, 0.1) is 17.1 Å². The van der Waals surface area contributed by atoms with Gasteiger partial charge >= 0.3 is 0 Å². The zero-order chi connectivity index (χ0) is 24.8. The monoisotopic (exact) mass is 473 g/mol. The average Bonchev–Trinajstić information content (AvgIpc) is 2.90. The zero-order valence-electron chi connectivity index (χ0n) is 19.4. The quantitative estimate of drug-likeness (QED) is 0.295. The molecule has 0 radical (unpaired) electrons. The first-order valence-corrected chi connectivity index (χ1v) is 11.6. The Morgan fingerprint density at radius 2 is 1.63 bits per heavy atom. The van der Waals surface area contributed by atoms with E-state index < -0.39 is 0 Å². The van der Waals surface area contributed by atoms with Crippen molar-refractivity contribution >= 4 is 23.2 Å². The molecule has 8 heteroatoms. The summed E-state index contributed by atoms with van der Waals surface area (Å²) >= 11 is 0. The molecule has 1 aliphatic heterocycles. The van der Waals surface area contributed by atoms with E-state index in [1.54, 1.807) is 59.8 Å². The van der Waals surface area contributed by atoms with Crippen LogP contribution in [0.1, 0.15) is 39.1 Å². The number of nitrogens with zero attached hydrogens (tertiary/aromatic N) is 3. The van der Waals surface area contributed by atoms with Crippen molar-refractivity contribution in [1.29, 1.82) is 5.41 Å². The molecule has 1 aliphatic rings. The lowest BCUT2D eigenvalue weighted by Crippen LogP contribution is -2.43.